The molecule has 0 aliphatic carbocycles. The van der Waals surface area contributed by atoms with Crippen LogP contribution in [0.15, 0.2) is 22.2 Å². The van der Waals surface area contributed by atoms with Crippen LogP contribution in [-0.2, 0) is 57.6 Å². The molecule has 4 unspecified atom stereocenters. The van der Waals surface area contributed by atoms with E-state index in [1.165, 1.54) is 35.9 Å². The van der Waals surface area contributed by atoms with Gasteiger partial charge in [0.2, 0.25) is 23.5 Å². The maximum absolute atomic E-state index is 13.6. The standard InChI is InChI=1S/C25H36FN10O19P3.CH4/c1-34-8-36(19-13(34)21(41)33-25(28)31-19)22-16(39)14(37)10(53-22)5-51-57(44,45)49-3-9(55-56(26,42)43)4-50-58(46,47)52-6-11-15(38)17(48-2)23(54-11)35-7-29-12-18(35)30-24(27)32-20(12)40;/h7-11,14-17,22-23,37-39H,3-6H2,1-2H3,(H8-,27,28,30,31,32,33,40,41,42,43,44,45,46,47);1H4/t9?,10-,11-,14-,15-,16-,17-,22-,23-;/m1./s1. The van der Waals surface area contributed by atoms with Crippen LogP contribution in [0.1, 0.15) is 19.9 Å². The van der Waals surface area contributed by atoms with Crippen molar-refractivity contribution in [3.05, 3.63) is 33.4 Å². The number of nitrogens with zero attached hydrogens (tertiary/aromatic N) is 5. The van der Waals surface area contributed by atoms with Gasteiger partial charge in [0.25, 0.3) is 38.7 Å². The van der Waals surface area contributed by atoms with Crippen molar-refractivity contribution in [2.45, 2.75) is 62.6 Å². The van der Waals surface area contributed by atoms with E-state index in [0.717, 1.165) is 4.57 Å². The third-order valence-electron chi connectivity index (χ3n) is 8.68. The van der Waals surface area contributed by atoms with E-state index in [1.54, 1.807) is 0 Å². The van der Waals surface area contributed by atoms with E-state index in [2.05, 4.69) is 38.5 Å². The fourth-order valence-electron chi connectivity index (χ4n) is 6.12. The Hall–Kier alpha value is -3.64. The number of ether oxygens (including phenoxy) is 3. The molecule has 4 aromatic rings. The summed E-state index contributed by atoms with van der Waals surface area (Å²) in [6.45, 7) is -4.70. The summed E-state index contributed by atoms with van der Waals surface area (Å²) in [4.78, 5) is 74.1. The molecule has 6 rings (SSSR count). The maximum atomic E-state index is 13.6. The maximum Gasteiger partial charge on any atom is 0.510 e. The van der Waals surface area contributed by atoms with Crippen molar-refractivity contribution < 1.29 is 93.9 Å². The van der Waals surface area contributed by atoms with Crippen LogP contribution in [0.5, 0.6) is 0 Å². The minimum Gasteiger partial charge on any atom is -0.756 e. The lowest BCUT2D eigenvalue weighted by Gasteiger charge is -2.29. The predicted octanol–water partition coefficient (Wildman–Crippen LogP) is -4.75. The van der Waals surface area contributed by atoms with Gasteiger partial charge in [-0.3, -0.25) is 47.7 Å². The van der Waals surface area contributed by atoms with Crippen molar-refractivity contribution in [3.63, 3.8) is 0 Å². The number of nitrogens with one attached hydrogen (secondary N) is 3. The second kappa shape index (κ2) is 17.8. The minimum absolute atomic E-state index is 0. The zero-order valence-corrected chi connectivity index (χ0v) is 32.4. The van der Waals surface area contributed by atoms with Crippen molar-refractivity contribution in [2.24, 2.45) is 7.05 Å². The number of rotatable bonds is 17. The van der Waals surface area contributed by atoms with E-state index >= 15 is 0 Å². The summed E-state index contributed by atoms with van der Waals surface area (Å²) in [5.41, 5.74) is 9.92. The molecule has 0 amide bonds. The number of halogens is 1. The number of hydrogen-bond donors (Lipinski definition) is 9. The minimum atomic E-state index is -5.95. The fraction of sp³-hybridized carbons (Fsp3) is 0.615. The molecule has 2 fully saturated rings. The second-order valence-corrected chi connectivity index (χ2v) is 16.6. The molecule has 2 saturated heterocycles. The molecule has 2 aliphatic rings. The van der Waals surface area contributed by atoms with Gasteiger partial charge in [-0.1, -0.05) is 17.4 Å². The Bertz CT molecular complexity index is 2410. The van der Waals surface area contributed by atoms with Gasteiger partial charge < -0.3 is 68.9 Å². The first-order valence-electron chi connectivity index (χ1n) is 16.4. The van der Waals surface area contributed by atoms with Crippen molar-refractivity contribution in [1.82, 2.24) is 29.5 Å². The van der Waals surface area contributed by atoms with Gasteiger partial charge in [0, 0.05) is 7.11 Å². The number of nitrogen functional groups attached to an aromatic ring is 2. The summed E-state index contributed by atoms with van der Waals surface area (Å²) < 4.78 is 93.3. The lowest BCUT2D eigenvalue weighted by Crippen LogP contribution is -2.46. The number of hydrogen-bond acceptors (Lipinski definition) is 22. The van der Waals surface area contributed by atoms with Gasteiger partial charge in [0.05, 0.1) is 33.5 Å². The molecule has 0 radical (unpaired) electrons. The number of aliphatic hydroxyl groups is 3. The summed E-state index contributed by atoms with van der Waals surface area (Å²) >= 11 is 0. The smallest absolute Gasteiger partial charge is 0.510 e. The molecule has 6 heterocycles. The SMILES string of the molecule is C.CO[C@@H]1[C@H](O)[C@@H](COP(=O)([O-])OCC(COP(=O)([O-])OC[C@H]2O[C@@H]([n+]3cn(C)c4c(=O)[nH]c(N)nc43)[C@H](O)[C@@H]2O)OP(=O)(O)F)O[C@H]1[n+]1c[nH]c2c(=O)[nH]c(N)nc21. The van der Waals surface area contributed by atoms with Crippen LogP contribution in [0, 0.1) is 0 Å². The summed E-state index contributed by atoms with van der Waals surface area (Å²) in [7, 11) is -14.3. The summed E-state index contributed by atoms with van der Waals surface area (Å²) in [6.07, 6.45) is -11.6. The second-order valence-electron chi connectivity index (χ2n) is 12.6. The average Bonchev–Trinajstić information content (AvgIpc) is 3.86. The fourth-order valence-corrected chi connectivity index (χ4v) is 8.11. The Kier molecular flexibility index (Phi) is 14.0. The molecule has 0 saturated carbocycles. The van der Waals surface area contributed by atoms with Gasteiger partial charge in [0.1, 0.15) is 42.7 Å². The predicted molar refractivity (Wildman–Crippen MR) is 185 cm³/mol. The van der Waals surface area contributed by atoms with Crippen LogP contribution in [0.2, 0.25) is 0 Å². The number of phosphoric acid groups is 2. The van der Waals surface area contributed by atoms with Crippen molar-refractivity contribution >= 4 is 57.8 Å². The number of phosphoric ester groups is 2. The highest BCUT2D eigenvalue weighted by Gasteiger charge is 2.49. The number of aliphatic hydroxyl groups excluding tert-OH is 3. The molecular formula is C26H40FN10O19P3. The van der Waals surface area contributed by atoms with Gasteiger partial charge in [-0.15, -0.1) is 4.20 Å². The number of anilines is 2. The summed E-state index contributed by atoms with van der Waals surface area (Å²) in [5, 5.41) is 32.0. The van der Waals surface area contributed by atoms with E-state index in [1.807, 2.05) is 0 Å². The van der Waals surface area contributed by atoms with Gasteiger partial charge in [-0.25, -0.2) is 13.7 Å². The number of fused-ring (bicyclic) bond motifs is 2. The molecule has 59 heavy (non-hydrogen) atoms. The van der Waals surface area contributed by atoms with E-state index < -0.39 is 116 Å². The normalized spacial score (nSPS) is 28.3. The molecule has 12 atom stereocenters. The van der Waals surface area contributed by atoms with E-state index in [4.69, 9.17) is 39.6 Å². The highest BCUT2D eigenvalue weighted by atomic mass is 31.2. The number of nitrogens with two attached hydrogens (primary N) is 2. The number of aryl methyl sites for hydroxylation is 1. The third-order valence-corrected chi connectivity index (χ3v) is 11.1. The Labute approximate surface area is 329 Å². The average molecular weight is 909 g/mol. The Morgan fingerprint density at radius 3 is 2.02 bits per heavy atom. The van der Waals surface area contributed by atoms with E-state index in [0.29, 0.717) is 0 Å². The monoisotopic (exact) mass is 908 g/mol. The molecule has 0 spiro atoms. The van der Waals surface area contributed by atoms with Gasteiger partial charge in [-0.05, 0) is 0 Å². The number of imidazole rings is 2. The topological polar surface area (TPSA) is 424 Å². The van der Waals surface area contributed by atoms with Crippen LogP contribution in [0.3, 0.4) is 0 Å². The molecule has 2 aliphatic heterocycles. The number of methoxy groups -OCH3 is 1. The highest BCUT2D eigenvalue weighted by Crippen LogP contribution is 2.48. The molecule has 29 nitrogen and oxygen atoms in total. The van der Waals surface area contributed by atoms with Crippen molar-refractivity contribution in [2.75, 3.05) is 45.0 Å². The molecule has 0 bridgehead atoms. The summed E-state index contributed by atoms with van der Waals surface area (Å²) in [5.74, 6) is -0.527. The number of H-pyrrole nitrogens is 3. The molecule has 11 N–H and O–H groups in total. The molecular weight excluding hydrogens is 868 g/mol. The largest absolute Gasteiger partial charge is 0.756 e. The molecule has 0 aromatic carbocycles. The van der Waals surface area contributed by atoms with E-state index in [9.17, 15) is 52.6 Å². The van der Waals surface area contributed by atoms with Crippen molar-refractivity contribution in [3.8, 4) is 0 Å². The van der Waals surface area contributed by atoms with Crippen LogP contribution >= 0.6 is 23.6 Å². The number of aromatic amines is 3. The molecule has 4 aromatic heterocycles. The zero-order valence-electron chi connectivity index (χ0n) is 29.7. The van der Waals surface area contributed by atoms with Crippen LogP contribution in [-0.4, -0.2) is 126 Å². The summed E-state index contributed by atoms with van der Waals surface area (Å²) in [6, 6.07) is 0. The molecule has 33 heteroatoms. The Balaban J connectivity index is 0.00000661. The first-order chi connectivity index (χ1) is 27.1. The van der Waals surface area contributed by atoms with Crippen LogP contribution < -0.4 is 41.5 Å². The zero-order chi connectivity index (χ0) is 42.5. The van der Waals surface area contributed by atoms with Gasteiger partial charge >= 0.3 is 19.2 Å². The quantitative estimate of drug-likeness (QED) is 0.0355. The van der Waals surface area contributed by atoms with Crippen LogP contribution in [0.4, 0.5) is 16.1 Å². The Morgan fingerprint density at radius 1 is 0.898 bits per heavy atom. The van der Waals surface area contributed by atoms with E-state index in [-0.39, 0.29) is 41.7 Å². The van der Waals surface area contributed by atoms with Crippen LogP contribution in [0.25, 0.3) is 22.3 Å². The first kappa shape index (κ1) is 46.4. The van der Waals surface area contributed by atoms with Crippen molar-refractivity contribution in [1.29, 1.82) is 0 Å². The van der Waals surface area contributed by atoms with Gasteiger partial charge in [-0.2, -0.15) is 0 Å². The lowest BCUT2D eigenvalue weighted by atomic mass is 10.1. The number of aromatic nitrogens is 8. The Morgan fingerprint density at radius 2 is 1.44 bits per heavy atom. The highest BCUT2D eigenvalue weighted by molar-refractivity contribution is 7.47. The third kappa shape index (κ3) is 10.3. The molecule has 330 valence electrons. The van der Waals surface area contributed by atoms with Gasteiger partial charge in [0.15, 0.2) is 12.7 Å². The lowest BCUT2D eigenvalue weighted by molar-refractivity contribution is -0.746. The first-order valence-corrected chi connectivity index (χ1v) is 20.8.